The van der Waals surface area contributed by atoms with E-state index in [1.807, 2.05) is 104 Å². The standard InChI is InChI=1S/C57H95B3N8O16/c1-36(65(20)49(70)79-52(7,8)9)37(2)75-47-45(42(35-74-22)63-66(47)21)60-82-55(15,16)57(18,84-60)28-31-68-46(76-38(3)43-24-23-30-67(43)50(71)80-53(10,11)12)41(33-62-68)59-81-54(13,14)56(17,83-59)27-25-39(34-64(19)48(69)78-51(4,5)6)77-44-26-29-61-32-40(44)58(72)73/h26,29,32-33,36-39,43,72-73H,23-25,27-28,30-31,34-35H2,1-22H3/t36-,37?,38?,39+,43-,56?,57?/m1/s1. The van der Waals surface area contributed by atoms with Crippen LogP contribution in [0.25, 0.3) is 0 Å². The summed E-state index contributed by atoms with van der Waals surface area (Å²) in [5, 5.41) is 30.2. The maximum atomic E-state index is 13.7. The van der Waals surface area contributed by atoms with Gasteiger partial charge in [0.2, 0.25) is 11.8 Å². The molecule has 3 aromatic rings. The summed E-state index contributed by atoms with van der Waals surface area (Å²) in [7, 11) is 2.84. The molecule has 84 heavy (non-hydrogen) atoms. The Morgan fingerprint density at radius 2 is 1.40 bits per heavy atom. The van der Waals surface area contributed by atoms with Crippen molar-refractivity contribution in [1.29, 1.82) is 0 Å². The molecule has 2 N–H and O–H groups in total. The fourth-order valence-electron chi connectivity index (χ4n) is 10.3. The summed E-state index contributed by atoms with van der Waals surface area (Å²) in [5.41, 5.74) is -4.24. The number of aromatic nitrogens is 5. The van der Waals surface area contributed by atoms with E-state index in [1.165, 1.54) is 22.2 Å². The molecule has 3 saturated heterocycles. The third-order valence-corrected chi connectivity index (χ3v) is 16.1. The van der Waals surface area contributed by atoms with E-state index >= 15 is 0 Å². The third-order valence-electron chi connectivity index (χ3n) is 16.1. The number of hydrogen-bond acceptors (Lipinski definition) is 19. The van der Waals surface area contributed by atoms with Gasteiger partial charge >= 0.3 is 39.6 Å². The van der Waals surface area contributed by atoms with Gasteiger partial charge in [-0.05, 0) is 163 Å². The highest BCUT2D eigenvalue weighted by Gasteiger charge is 2.58. The minimum Gasteiger partial charge on any atom is -0.489 e. The predicted molar refractivity (Wildman–Crippen MR) is 317 cm³/mol. The number of carbonyl (C=O) groups is 3. The summed E-state index contributed by atoms with van der Waals surface area (Å²) < 4.78 is 74.2. The molecule has 4 unspecified atom stereocenters. The number of ether oxygens (including phenoxy) is 7. The number of likely N-dealkylation sites (tertiary alicyclic amines) is 1. The van der Waals surface area contributed by atoms with Gasteiger partial charge in [0.1, 0.15) is 40.9 Å². The van der Waals surface area contributed by atoms with Crippen LogP contribution >= 0.6 is 0 Å². The Morgan fingerprint density at radius 1 is 0.810 bits per heavy atom. The predicted octanol–water partition coefficient (Wildman–Crippen LogP) is 5.77. The Labute approximate surface area is 498 Å². The van der Waals surface area contributed by atoms with Crippen LogP contribution < -0.4 is 30.6 Å². The molecule has 6 heterocycles. The van der Waals surface area contributed by atoms with Gasteiger partial charge in [0.15, 0.2) is 0 Å². The summed E-state index contributed by atoms with van der Waals surface area (Å²) in [6.45, 7) is 34.8. The minimum atomic E-state index is -1.86. The molecular formula is C57H95B3N8O16. The Kier molecular flexibility index (Phi) is 21.0. The lowest BCUT2D eigenvalue weighted by Gasteiger charge is -2.38. The monoisotopic (exact) mass is 1180 g/mol. The fourth-order valence-corrected chi connectivity index (χ4v) is 10.3. The fraction of sp³-hybridized carbons (Fsp3) is 0.754. The van der Waals surface area contributed by atoms with Crippen LogP contribution in [0.4, 0.5) is 14.4 Å². The highest BCUT2D eigenvalue weighted by molar-refractivity contribution is 6.64. The van der Waals surface area contributed by atoms with Crippen molar-refractivity contribution in [1.82, 2.24) is 39.2 Å². The first-order valence-corrected chi connectivity index (χ1v) is 29.2. The second-order valence-corrected chi connectivity index (χ2v) is 27.0. The molecule has 0 bridgehead atoms. The van der Waals surface area contributed by atoms with Crippen LogP contribution in [0.5, 0.6) is 17.5 Å². The number of likely N-dealkylation sites (N-methyl/N-ethyl adjacent to an activating group) is 2. The Bertz CT molecular complexity index is 2740. The summed E-state index contributed by atoms with van der Waals surface area (Å²) in [4.78, 5) is 48.8. The number of hydrogen-bond donors (Lipinski definition) is 2. The molecule has 24 nitrogen and oxygen atoms in total. The van der Waals surface area contributed by atoms with Crippen molar-refractivity contribution in [2.75, 3.05) is 34.3 Å². The lowest BCUT2D eigenvalue weighted by molar-refractivity contribution is -0.0254. The van der Waals surface area contributed by atoms with Crippen LogP contribution in [0.3, 0.4) is 0 Å². The van der Waals surface area contributed by atoms with Crippen LogP contribution in [0.15, 0.2) is 24.7 Å². The highest BCUT2D eigenvalue weighted by atomic mass is 16.7. The number of rotatable bonds is 22. The number of pyridine rings is 1. The number of nitrogens with zero attached hydrogens (tertiary/aromatic N) is 8. The van der Waals surface area contributed by atoms with Crippen molar-refractivity contribution in [2.24, 2.45) is 7.05 Å². The van der Waals surface area contributed by atoms with Crippen molar-refractivity contribution >= 4 is 56.0 Å². The Hall–Kier alpha value is -5.31. The number of methoxy groups -OCH3 is 1. The minimum absolute atomic E-state index is 0.0656. The van der Waals surface area contributed by atoms with E-state index in [2.05, 4.69) is 4.98 Å². The third kappa shape index (κ3) is 16.2. The van der Waals surface area contributed by atoms with Gasteiger partial charge in [0, 0.05) is 59.2 Å². The van der Waals surface area contributed by atoms with E-state index in [0.29, 0.717) is 60.6 Å². The van der Waals surface area contributed by atoms with Gasteiger partial charge in [0.05, 0.1) is 70.5 Å². The smallest absolute Gasteiger partial charge is 0.489 e. The molecule has 3 amide bonds. The number of aryl methyl sites for hydroxylation is 2. The lowest BCUT2D eigenvalue weighted by Crippen LogP contribution is -2.47. The quantitative estimate of drug-likeness (QED) is 0.0895. The summed E-state index contributed by atoms with van der Waals surface area (Å²) >= 11 is 0. The maximum Gasteiger partial charge on any atom is 0.502 e. The van der Waals surface area contributed by atoms with E-state index in [0.717, 1.165) is 6.42 Å². The zero-order valence-electron chi connectivity index (χ0n) is 54.0. The normalized spacial score (nSPS) is 22.1. The zero-order valence-corrected chi connectivity index (χ0v) is 54.0. The summed E-state index contributed by atoms with van der Waals surface area (Å²) in [5.74, 6) is 0.961. The SMILES string of the molecule is COCc1nn(C)c(OC(C)[C@@H](C)N(C)C(=O)OC(C)(C)C)c1B1OC(C)(C)C(C)(CCn2ncc(B3OC(C)(C)C(C)(CC[C@@H](CN(C)C(=O)OC(C)(C)C)Oc4ccncc4B(O)O)O3)c2OC(C)[C@H]2CCCN2C(=O)OC(C)(C)C)O1. The number of amides is 3. The van der Waals surface area contributed by atoms with E-state index in [4.69, 9.17) is 62.0 Å². The van der Waals surface area contributed by atoms with Gasteiger partial charge < -0.3 is 76.5 Å². The summed E-state index contributed by atoms with van der Waals surface area (Å²) in [6.07, 6.45) is 3.73. The maximum absolute atomic E-state index is 13.7. The molecular weight excluding hydrogens is 1090 g/mol. The first-order valence-electron chi connectivity index (χ1n) is 29.2. The van der Waals surface area contributed by atoms with Crippen LogP contribution in [-0.2, 0) is 57.8 Å². The van der Waals surface area contributed by atoms with Gasteiger partial charge in [0.25, 0.3) is 0 Å². The van der Waals surface area contributed by atoms with Crippen molar-refractivity contribution < 1.29 is 76.2 Å². The number of carbonyl (C=O) groups excluding carboxylic acids is 3. The molecule has 3 aliphatic heterocycles. The van der Waals surface area contributed by atoms with Crippen LogP contribution in [0, 0.1) is 0 Å². The Balaban J connectivity index is 1.30. The molecule has 0 aliphatic carbocycles. The van der Waals surface area contributed by atoms with Gasteiger partial charge in [-0.25, -0.2) is 23.7 Å². The molecule has 0 radical (unpaired) electrons. The molecule has 0 saturated carbocycles. The zero-order chi connectivity index (χ0) is 62.9. The van der Waals surface area contributed by atoms with Crippen molar-refractivity contribution in [3.63, 3.8) is 0 Å². The van der Waals surface area contributed by atoms with Gasteiger partial charge in [-0.3, -0.25) is 4.98 Å². The van der Waals surface area contributed by atoms with E-state index in [9.17, 15) is 24.4 Å². The van der Waals surface area contributed by atoms with Crippen molar-refractivity contribution in [2.45, 2.75) is 239 Å². The molecule has 0 spiro atoms. The van der Waals surface area contributed by atoms with E-state index in [-0.39, 0.29) is 37.0 Å². The van der Waals surface area contributed by atoms with E-state index in [1.54, 1.807) is 75.6 Å². The molecule has 27 heteroatoms. The van der Waals surface area contributed by atoms with Gasteiger partial charge in [-0.15, -0.1) is 0 Å². The second-order valence-electron chi connectivity index (χ2n) is 27.0. The Morgan fingerprint density at radius 3 is 2.01 bits per heavy atom. The van der Waals surface area contributed by atoms with Gasteiger partial charge in [-0.1, -0.05) is 0 Å². The molecule has 3 aromatic heterocycles. The highest BCUT2D eigenvalue weighted by Crippen LogP contribution is 2.44. The largest absolute Gasteiger partial charge is 0.502 e. The van der Waals surface area contributed by atoms with Crippen molar-refractivity contribution in [3.8, 4) is 17.5 Å². The van der Waals surface area contributed by atoms with Crippen LogP contribution in [-0.4, -0.2) is 193 Å². The molecule has 468 valence electrons. The average Bonchev–Trinajstić information content (AvgIpc) is 1.72. The molecule has 3 aliphatic rings. The van der Waals surface area contributed by atoms with Gasteiger partial charge in [-0.2, -0.15) is 10.2 Å². The summed E-state index contributed by atoms with van der Waals surface area (Å²) in [6, 6.07) is 0.789. The van der Waals surface area contributed by atoms with E-state index < -0.39 is 103 Å². The molecule has 0 aromatic carbocycles. The first kappa shape index (κ1) is 67.8. The second kappa shape index (κ2) is 26.0. The lowest BCUT2D eigenvalue weighted by atomic mass is 9.78. The van der Waals surface area contributed by atoms with Crippen molar-refractivity contribution in [3.05, 3.63) is 30.4 Å². The molecule has 7 atom stereocenters. The first-order chi connectivity index (χ1) is 38.7. The topological polar surface area (TPSA) is 251 Å². The molecule has 3 fully saturated rings. The van der Waals surface area contributed by atoms with Crippen LogP contribution in [0.2, 0.25) is 0 Å². The average molecular weight is 1180 g/mol. The molecule has 6 rings (SSSR count). The van der Waals surface area contributed by atoms with Crippen LogP contribution in [0.1, 0.15) is 162 Å².